The number of hydrogen-bond donors (Lipinski definition) is 5. The predicted molar refractivity (Wildman–Crippen MR) is 307 cm³/mol. The lowest BCUT2D eigenvalue weighted by molar-refractivity contribution is 0.0939. The van der Waals surface area contributed by atoms with Crippen molar-refractivity contribution in [3.8, 4) is 5.75 Å². The van der Waals surface area contributed by atoms with Crippen LogP contribution in [0.2, 0.25) is 0 Å². The molecular formula is C62H78F4N6O7S. The van der Waals surface area contributed by atoms with Crippen LogP contribution in [-0.4, -0.2) is 125 Å². The largest absolute Gasteiger partial charge is 0.503 e. The average molecular weight is 1130 g/mol. The summed E-state index contributed by atoms with van der Waals surface area (Å²) in [6, 6.07) is 39.0. The third-order valence-electron chi connectivity index (χ3n) is 13.4. The van der Waals surface area contributed by atoms with Crippen molar-refractivity contribution < 1.29 is 50.6 Å². The Morgan fingerprint density at radius 3 is 1.48 bits per heavy atom. The molecular weight excluding hydrogens is 1050 g/mol. The highest BCUT2D eigenvalue weighted by molar-refractivity contribution is 7.85. The van der Waals surface area contributed by atoms with Gasteiger partial charge in [0.15, 0.2) is 23.3 Å². The van der Waals surface area contributed by atoms with Gasteiger partial charge in [-0.05, 0) is 108 Å². The zero-order valence-corrected chi connectivity index (χ0v) is 47.5. The highest BCUT2D eigenvalue weighted by Crippen LogP contribution is 2.29. The van der Waals surface area contributed by atoms with Gasteiger partial charge in [-0.15, -0.1) is 0 Å². The molecule has 6 aromatic rings. The molecule has 432 valence electrons. The van der Waals surface area contributed by atoms with Crippen molar-refractivity contribution in [3.63, 3.8) is 0 Å². The zero-order valence-electron chi connectivity index (χ0n) is 46.7. The van der Waals surface area contributed by atoms with Crippen LogP contribution in [0.25, 0.3) is 0 Å². The normalized spacial score (nSPS) is 14.1. The van der Waals surface area contributed by atoms with E-state index in [9.17, 15) is 30.8 Å². The van der Waals surface area contributed by atoms with E-state index in [0.29, 0.717) is 18.7 Å². The molecule has 0 unspecified atom stereocenters. The smallest absolute Gasteiger partial charge is 0.294 e. The summed E-state index contributed by atoms with van der Waals surface area (Å²) in [5.41, 5.74) is 9.14. The summed E-state index contributed by atoms with van der Waals surface area (Å²) in [5, 5.41) is 28.7. The molecule has 0 spiro atoms. The molecule has 5 N–H and O–H groups in total. The molecule has 13 nitrogen and oxygen atoms in total. The number of guanidine groups is 1. The Kier molecular flexibility index (Phi) is 26.1. The lowest BCUT2D eigenvalue weighted by Crippen LogP contribution is -2.51. The second-order valence-electron chi connectivity index (χ2n) is 20.3. The van der Waals surface area contributed by atoms with E-state index in [1.807, 2.05) is 18.7 Å². The number of nitrogens with zero attached hydrogens (tertiary/aromatic N) is 5. The van der Waals surface area contributed by atoms with Crippen LogP contribution in [0, 0.1) is 57.9 Å². The van der Waals surface area contributed by atoms with E-state index >= 15 is 0 Å². The maximum Gasteiger partial charge on any atom is 0.294 e. The Hall–Kier alpha value is -6.67. The number of carbonyl (C=O) groups is 1. The van der Waals surface area contributed by atoms with Gasteiger partial charge >= 0.3 is 0 Å². The lowest BCUT2D eigenvalue weighted by Gasteiger charge is -2.41. The zero-order chi connectivity index (χ0) is 58.2. The molecule has 3 aliphatic heterocycles. The summed E-state index contributed by atoms with van der Waals surface area (Å²) in [6.45, 7) is 21.4. The van der Waals surface area contributed by atoms with Gasteiger partial charge in [0.2, 0.25) is 11.6 Å². The number of carbonyl (C=O) groups excluding carboxylic acids is 1. The van der Waals surface area contributed by atoms with Crippen LogP contribution >= 0.6 is 0 Å². The van der Waals surface area contributed by atoms with Gasteiger partial charge in [-0.25, -0.2) is 8.78 Å². The number of rotatable bonds is 14. The van der Waals surface area contributed by atoms with E-state index in [-0.39, 0.29) is 24.7 Å². The minimum atomic E-state index is -4.02. The quantitative estimate of drug-likeness (QED) is 0.0400. The van der Waals surface area contributed by atoms with Crippen LogP contribution in [-0.2, 0) is 36.3 Å². The minimum absolute atomic E-state index is 0.0666. The number of aromatic hydroxyl groups is 1. The lowest BCUT2D eigenvalue weighted by atomic mass is 10.1. The molecule has 2 saturated heterocycles. The number of aliphatic hydroxyl groups excluding tert-OH is 2. The van der Waals surface area contributed by atoms with Gasteiger partial charge in [0, 0.05) is 65.4 Å². The number of phenols is 1. The summed E-state index contributed by atoms with van der Waals surface area (Å²) in [4.78, 5) is 25.9. The molecule has 0 bridgehead atoms. The van der Waals surface area contributed by atoms with Crippen molar-refractivity contribution >= 4 is 22.0 Å². The number of phenolic OH excluding ortho intramolecular Hbond substituents is 1. The summed E-state index contributed by atoms with van der Waals surface area (Å²) < 4.78 is 83.0. The number of nitrogens with one attached hydrogen (secondary N) is 1. The fraction of sp³-hybridized carbons (Fsp3) is 0.387. The summed E-state index contributed by atoms with van der Waals surface area (Å²) in [7, 11) is -4.02. The van der Waals surface area contributed by atoms with Crippen molar-refractivity contribution in [2.75, 3.05) is 65.6 Å². The Bertz CT molecular complexity index is 2950. The molecule has 0 saturated carbocycles. The molecule has 3 aliphatic rings. The molecule has 3 heterocycles. The summed E-state index contributed by atoms with van der Waals surface area (Å²) in [5.74, 6) is -9.82. The van der Waals surface area contributed by atoms with Crippen LogP contribution in [0.1, 0.15) is 92.5 Å². The van der Waals surface area contributed by atoms with Gasteiger partial charge in [0.25, 0.3) is 16.0 Å². The van der Waals surface area contributed by atoms with Crippen LogP contribution in [0.5, 0.6) is 5.75 Å². The fourth-order valence-electron chi connectivity index (χ4n) is 8.85. The van der Waals surface area contributed by atoms with Gasteiger partial charge in [-0.1, -0.05) is 143 Å². The molecule has 80 heavy (non-hydrogen) atoms. The Morgan fingerprint density at radius 1 is 0.562 bits per heavy atom. The van der Waals surface area contributed by atoms with Crippen molar-refractivity contribution in [2.45, 2.75) is 97.8 Å². The van der Waals surface area contributed by atoms with Crippen LogP contribution < -0.4 is 5.32 Å². The first-order valence-corrected chi connectivity index (χ1v) is 28.5. The van der Waals surface area contributed by atoms with Crippen LogP contribution in [0.3, 0.4) is 0 Å². The Labute approximate surface area is 470 Å². The van der Waals surface area contributed by atoms with Crippen LogP contribution in [0.4, 0.5) is 17.6 Å². The van der Waals surface area contributed by atoms with E-state index in [4.69, 9.17) is 24.9 Å². The Morgan fingerprint density at radius 2 is 1.00 bits per heavy atom. The molecule has 0 aliphatic carbocycles. The van der Waals surface area contributed by atoms with Gasteiger partial charge in [0.1, 0.15) is 5.56 Å². The number of likely N-dealkylation sites (tertiary alicyclic amines) is 1. The summed E-state index contributed by atoms with van der Waals surface area (Å²) in [6.07, 6.45) is 6.65. The second-order valence-corrected chi connectivity index (χ2v) is 21.7. The molecule has 0 atom stereocenters. The number of aryl methyl sites for hydroxylation is 5. The monoisotopic (exact) mass is 1130 g/mol. The number of hydrogen-bond acceptors (Lipinski definition) is 11. The van der Waals surface area contributed by atoms with Gasteiger partial charge in [0.05, 0.1) is 18.1 Å². The van der Waals surface area contributed by atoms with E-state index in [0.717, 1.165) is 43.9 Å². The number of aliphatic imine (C=N–C) groups is 1. The predicted octanol–water partition coefficient (Wildman–Crippen LogP) is 10.5. The first kappa shape index (κ1) is 64.2. The molecule has 18 heteroatoms. The highest BCUT2D eigenvalue weighted by atomic mass is 32.2. The number of fused-ring (bicyclic) bond motifs is 1. The number of piperidine rings is 1. The van der Waals surface area contributed by atoms with E-state index < -0.39 is 50.6 Å². The molecule has 1 amide bonds. The van der Waals surface area contributed by atoms with E-state index in [2.05, 4.69) is 114 Å². The number of halogens is 4. The molecule has 0 aromatic heterocycles. The van der Waals surface area contributed by atoms with Crippen molar-refractivity contribution in [1.29, 1.82) is 0 Å². The van der Waals surface area contributed by atoms with E-state index in [1.54, 1.807) is 36.4 Å². The van der Waals surface area contributed by atoms with Crippen molar-refractivity contribution in [3.05, 3.63) is 200 Å². The first-order valence-electron chi connectivity index (χ1n) is 27.1. The third-order valence-corrected chi connectivity index (χ3v) is 14.3. The fourth-order valence-corrected chi connectivity index (χ4v) is 9.33. The SMILES string of the molecule is Cc1ccc(CN(CCO)CCO)cc1.Cc1ccc(CN2CCCCC2)cc1.Cc1ccc(CN2CCCN3CCCN=C32)cc1.Cc1ccc(CNC(=O)c2c(F)c(F)c(O)c(F)c2F)cc1.Cc1ccc(S(=O)(=O)O)cc1. The van der Waals surface area contributed by atoms with Gasteiger partial charge in [-0.2, -0.15) is 17.2 Å². The topological polar surface area (TPSA) is 169 Å². The second kappa shape index (κ2) is 32.6. The van der Waals surface area contributed by atoms with Gasteiger partial charge < -0.3 is 30.4 Å². The van der Waals surface area contributed by atoms with Crippen molar-refractivity contribution in [2.24, 2.45) is 4.99 Å². The highest BCUT2D eigenvalue weighted by Gasteiger charge is 2.29. The average Bonchev–Trinajstić information content (AvgIpc) is 3.46. The maximum atomic E-state index is 13.5. The Balaban J connectivity index is 0.000000187. The minimum Gasteiger partial charge on any atom is -0.503 e. The summed E-state index contributed by atoms with van der Waals surface area (Å²) >= 11 is 0. The van der Waals surface area contributed by atoms with Gasteiger partial charge in [-0.3, -0.25) is 24.1 Å². The number of aliphatic hydroxyl groups is 2. The maximum absolute atomic E-state index is 13.5. The third kappa shape index (κ3) is 21.1. The molecule has 2 fully saturated rings. The standard InChI is InChI=1S/C15H11F4NO2.C15H21N3.C13H19N.C12H19NO2.C7H8O3S/c1-7-2-4-8(5-3-7)6-20-15(22)9-10(16)12(18)14(21)13(19)11(9)17;1-13-4-6-14(7-5-13)12-18-11-3-10-17-9-2-8-16-15(17)18;1-12-5-7-13(8-6-12)11-14-9-3-2-4-10-14;1-11-2-4-12(5-3-11)10-13(6-8-14)7-9-15;1-6-2-4-7(5-3-6)11(8,9)10/h2-5,21H,6H2,1H3,(H,20,22);4-7H,2-3,8-12H2,1H3;5-8H,2-4,9-11H2,1H3;2-5,14-15H,6-10H2,1H3;2-5H,1H3,(H,8,9,10). The number of benzene rings is 6. The molecule has 0 radical (unpaired) electrons. The first-order chi connectivity index (χ1) is 38.3. The number of amides is 1. The van der Waals surface area contributed by atoms with Crippen molar-refractivity contribution in [1.82, 2.24) is 24.9 Å². The molecule has 9 rings (SSSR count). The molecule has 6 aromatic carbocycles. The van der Waals surface area contributed by atoms with E-state index in [1.165, 1.54) is 110 Å². The van der Waals surface area contributed by atoms with Crippen LogP contribution in [0.15, 0.2) is 131 Å².